The first-order chi connectivity index (χ1) is 11.6. The summed E-state index contributed by atoms with van der Waals surface area (Å²) in [5.74, 6) is 1.12. The van der Waals surface area contributed by atoms with Gasteiger partial charge in [-0.3, -0.25) is 0 Å². The lowest BCUT2D eigenvalue weighted by molar-refractivity contribution is 0.475. The maximum absolute atomic E-state index is 12.9. The van der Waals surface area contributed by atoms with Gasteiger partial charge in [0, 0.05) is 6.42 Å². The van der Waals surface area contributed by atoms with Crippen LogP contribution in [0.25, 0.3) is 6.08 Å². The topological polar surface area (TPSA) is 85.7 Å². The van der Waals surface area contributed by atoms with E-state index in [-0.39, 0.29) is 17.3 Å². The zero-order valence-corrected chi connectivity index (χ0v) is 12.7. The van der Waals surface area contributed by atoms with Gasteiger partial charge in [-0.1, -0.05) is 12.1 Å². The lowest BCUT2D eigenvalue weighted by atomic mass is 10.1. The van der Waals surface area contributed by atoms with E-state index in [1.807, 2.05) is 12.1 Å². The van der Waals surface area contributed by atoms with Crippen LogP contribution in [0.2, 0.25) is 0 Å². The third-order valence-corrected chi connectivity index (χ3v) is 3.42. The van der Waals surface area contributed by atoms with Crippen molar-refractivity contribution in [2.75, 3.05) is 0 Å². The number of phenolic OH excluding ortho intramolecular Hbond substituents is 1. The molecule has 24 heavy (non-hydrogen) atoms. The van der Waals surface area contributed by atoms with Gasteiger partial charge in [0.15, 0.2) is 5.82 Å². The van der Waals surface area contributed by atoms with Crippen molar-refractivity contribution in [3.05, 3.63) is 83.2 Å². The van der Waals surface area contributed by atoms with Crippen LogP contribution < -0.4 is 0 Å². The highest BCUT2D eigenvalue weighted by molar-refractivity contribution is 6.08. The molecule has 0 saturated heterocycles. The standard InChI is InChI=1S/C18H15FN4O/c19-14-5-3-13(4-6-14)16(20)9-10-17-21-18(23-22-17)11-12-1-7-15(24)8-2-12/h1-10,20,24H,11H2,(H,21,22,23)/b10-9-,20-16?. The van der Waals surface area contributed by atoms with E-state index in [1.165, 1.54) is 12.1 Å². The fourth-order valence-corrected chi connectivity index (χ4v) is 2.16. The zero-order chi connectivity index (χ0) is 16.9. The van der Waals surface area contributed by atoms with E-state index in [2.05, 4.69) is 15.2 Å². The monoisotopic (exact) mass is 322 g/mol. The zero-order valence-electron chi connectivity index (χ0n) is 12.7. The Bertz CT molecular complexity index is 867. The van der Waals surface area contributed by atoms with Crippen LogP contribution in [0.4, 0.5) is 4.39 Å². The van der Waals surface area contributed by atoms with Gasteiger partial charge in [0.05, 0.1) is 5.71 Å². The third-order valence-electron chi connectivity index (χ3n) is 3.42. The summed E-state index contributed by atoms with van der Waals surface area (Å²) < 4.78 is 12.9. The van der Waals surface area contributed by atoms with Gasteiger partial charge in [-0.05, 0) is 59.7 Å². The molecule has 0 bridgehead atoms. The molecule has 3 N–H and O–H groups in total. The van der Waals surface area contributed by atoms with Gasteiger partial charge in [0.25, 0.3) is 0 Å². The van der Waals surface area contributed by atoms with Crippen molar-refractivity contribution >= 4 is 11.8 Å². The molecule has 0 amide bonds. The highest BCUT2D eigenvalue weighted by atomic mass is 19.1. The number of H-pyrrole nitrogens is 1. The summed E-state index contributed by atoms with van der Waals surface area (Å²) >= 11 is 0. The molecule has 0 saturated carbocycles. The number of nitrogens with zero attached hydrogens (tertiary/aromatic N) is 2. The Balaban J connectivity index is 1.65. The van der Waals surface area contributed by atoms with E-state index in [1.54, 1.807) is 36.4 Å². The van der Waals surface area contributed by atoms with Crippen molar-refractivity contribution in [3.63, 3.8) is 0 Å². The summed E-state index contributed by atoms with van der Waals surface area (Å²) in [4.78, 5) is 3.06. The maximum atomic E-state index is 12.9. The molecule has 0 unspecified atom stereocenters. The van der Waals surface area contributed by atoms with Crippen molar-refractivity contribution in [2.45, 2.75) is 6.42 Å². The van der Waals surface area contributed by atoms with Crippen LogP contribution in [0.1, 0.15) is 22.8 Å². The van der Waals surface area contributed by atoms with Crippen LogP contribution in [0.3, 0.4) is 0 Å². The fraction of sp³-hybridized carbons (Fsp3) is 0.0556. The third kappa shape index (κ3) is 3.92. The van der Waals surface area contributed by atoms with Gasteiger partial charge in [0.1, 0.15) is 17.4 Å². The number of benzene rings is 2. The van der Waals surface area contributed by atoms with Gasteiger partial charge in [0.2, 0.25) is 0 Å². The lowest BCUT2D eigenvalue weighted by Crippen LogP contribution is -1.94. The quantitative estimate of drug-likeness (QED) is 0.630. The number of aromatic nitrogens is 3. The molecule has 6 heteroatoms. The smallest absolute Gasteiger partial charge is 0.154 e. The number of phenols is 1. The second-order valence-corrected chi connectivity index (χ2v) is 5.25. The highest BCUT2D eigenvalue weighted by Gasteiger charge is 2.03. The van der Waals surface area contributed by atoms with Crippen molar-refractivity contribution in [3.8, 4) is 5.75 Å². The second kappa shape index (κ2) is 6.87. The van der Waals surface area contributed by atoms with Gasteiger partial charge in [-0.2, -0.15) is 0 Å². The van der Waals surface area contributed by atoms with Crippen LogP contribution in [0, 0.1) is 11.2 Å². The molecule has 0 spiro atoms. The van der Waals surface area contributed by atoms with Crippen molar-refractivity contribution in [1.82, 2.24) is 15.2 Å². The molecule has 0 fully saturated rings. The minimum atomic E-state index is -0.329. The van der Waals surface area contributed by atoms with Gasteiger partial charge in [-0.25, -0.2) is 4.39 Å². The molecule has 3 rings (SSSR count). The number of nitrogens with one attached hydrogen (secondary N) is 2. The Labute approximate surface area is 138 Å². The van der Waals surface area contributed by atoms with Crippen LogP contribution in [0.15, 0.2) is 54.6 Å². The largest absolute Gasteiger partial charge is 0.508 e. The normalized spacial score (nSPS) is 11.0. The summed E-state index contributed by atoms with van der Waals surface area (Å²) in [7, 11) is 0. The molecule has 3 aromatic rings. The summed E-state index contributed by atoms with van der Waals surface area (Å²) in [6.07, 6.45) is 3.80. The van der Waals surface area contributed by atoms with Gasteiger partial charge in [-0.15, -0.1) is 10.2 Å². The van der Waals surface area contributed by atoms with Crippen LogP contribution in [0.5, 0.6) is 5.75 Å². The number of aromatic amines is 1. The van der Waals surface area contributed by atoms with E-state index < -0.39 is 0 Å². The summed E-state index contributed by atoms with van der Waals surface area (Å²) in [6.45, 7) is 0. The molecule has 0 atom stereocenters. The second-order valence-electron chi connectivity index (χ2n) is 5.25. The van der Waals surface area contributed by atoms with E-state index >= 15 is 0 Å². The van der Waals surface area contributed by atoms with Crippen molar-refractivity contribution in [1.29, 1.82) is 5.41 Å². The molecule has 0 aliphatic heterocycles. The molecular formula is C18H15FN4O. The van der Waals surface area contributed by atoms with Crippen molar-refractivity contribution < 1.29 is 9.50 Å². The number of allylic oxidation sites excluding steroid dienone is 1. The molecule has 2 aromatic carbocycles. The van der Waals surface area contributed by atoms with E-state index in [4.69, 9.17) is 5.41 Å². The Morgan fingerprint density at radius 3 is 2.50 bits per heavy atom. The first-order valence-corrected chi connectivity index (χ1v) is 7.32. The molecule has 0 aliphatic carbocycles. The Morgan fingerprint density at radius 2 is 1.79 bits per heavy atom. The van der Waals surface area contributed by atoms with Crippen molar-refractivity contribution in [2.24, 2.45) is 0 Å². The minimum absolute atomic E-state index is 0.222. The average molecular weight is 322 g/mol. The molecule has 1 aromatic heterocycles. The number of halogens is 1. The Hall–Kier alpha value is -3.28. The van der Waals surface area contributed by atoms with Gasteiger partial charge < -0.3 is 15.5 Å². The van der Waals surface area contributed by atoms with E-state index in [0.29, 0.717) is 23.6 Å². The Kier molecular flexibility index (Phi) is 4.47. The Morgan fingerprint density at radius 1 is 1.08 bits per heavy atom. The molecular weight excluding hydrogens is 307 g/mol. The molecule has 120 valence electrons. The first-order valence-electron chi connectivity index (χ1n) is 7.32. The van der Waals surface area contributed by atoms with Gasteiger partial charge >= 0.3 is 0 Å². The number of rotatable bonds is 5. The highest BCUT2D eigenvalue weighted by Crippen LogP contribution is 2.12. The summed E-state index contributed by atoms with van der Waals surface area (Å²) in [5.41, 5.74) is 1.88. The molecule has 5 nitrogen and oxygen atoms in total. The van der Waals surface area contributed by atoms with E-state index in [0.717, 1.165) is 5.56 Å². The predicted octanol–water partition coefficient (Wildman–Crippen LogP) is 3.32. The lowest BCUT2D eigenvalue weighted by Gasteiger charge is -1.98. The fourth-order valence-electron chi connectivity index (χ4n) is 2.16. The molecule has 0 aliphatic rings. The number of aromatic hydroxyl groups is 1. The summed E-state index contributed by atoms with van der Waals surface area (Å²) in [5, 5.41) is 25.3. The SMILES string of the molecule is N=C(/C=C\c1nnc(Cc2ccc(O)cc2)[nH]1)c1ccc(F)cc1. The van der Waals surface area contributed by atoms with Crippen LogP contribution >= 0.6 is 0 Å². The number of hydrogen-bond donors (Lipinski definition) is 3. The van der Waals surface area contributed by atoms with E-state index in [9.17, 15) is 9.50 Å². The predicted molar refractivity (Wildman–Crippen MR) is 89.6 cm³/mol. The summed E-state index contributed by atoms with van der Waals surface area (Å²) in [6, 6.07) is 12.6. The van der Waals surface area contributed by atoms with Crippen LogP contribution in [-0.4, -0.2) is 26.0 Å². The average Bonchev–Trinajstić information content (AvgIpc) is 3.03. The number of hydrogen-bond acceptors (Lipinski definition) is 4. The van der Waals surface area contributed by atoms with Crippen LogP contribution in [-0.2, 0) is 6.42 Å². The maximum Gasteiger partial charge on any atom is 0.154 e. The molecule has 0 radical (unpaired) electrons. The minimum Gasteiger partial charge on any atom is -0.508 e. The molecule has 1 heterocycles. The first kappa shape index (κ1) is 15.6.